The van der Waals surface area contributed by atoms with Gasteiger partial charge in [-0.2, -0.15) is 5.10 Å². The molecule has 0 aliphatic carbocycles. The van der Waals surface area contributed by atoms with E-state index in [-0.39, 0.29) is 0 Å². The number of fused-ring (bicyclic) bond motifs is 2. The van der Waals surface area contributed by atoms with Crippen molar-refractivity contribution in [2.24, 2.45) is 0 Å². The van der Waals surface area contributed by atoms with Gasteiger partial charge in [0.1, 0.15) is 0 Å². The summed E-state index contributed by atoms with van der Waals surface area (Å²) in [6, 6.07) is 2.55. The maximum absolute atomic E-state index is 5.90. The largest absolute Gasteiger partial charge is 0.377 e. The molecule has 0 spiro atoms. The first-order chi connectivity index (χ1) is 10.3. The molecule has 2 bridgehead atoms. The summed E-state index contributed by atoms with van der Waals surface area (Å²) >= 11 is 0. The number of morpholine rings is 2. The average molecular weight is 290 g/mol. The lowest BCUT2D eigenvalue weighted by atomic mass is 10.2. The molecule has 114 valence electrons. The van der Waals surface area contributed by atoms with Crippen LogP contribution in [-0.2, 0) is 9.47 Å². The molecule has 3 aliphatic rings. The molecule has 0 saturated carbocycles. The third-order valence-electron chi connectivity index (χ3n) is 4.69. The molecule has 6 nitrogen and oxygen atoms in total. The molecular weight excluding hydrogens is 268 g/mol. The maximum atomic E-state index is 5.90. The summed E-state index contributed by atoms with van der Waals surface area (Å²) < 4.78 is 11.4. The Morgan fingerprint density at radius 3 is 2.81 bits per heavy atom. The molecular formula is C15H22N4O2. The van der Waals surface area contributed by atoms with Crippen LogP contribution in [0, 0.1) is 0 Å². The van der Waals surface area contributed by atoms with E-state index in [4.69, 9.17) is 9.47 Å². The van der Waals surface area contributed by atoms with Crippen LogP contribution in [0.15, 0.2) is 12.3 Å². The fourth-order valence-electron chi connectivity index (χ4n) is 3.57. The second kappa shape index (κ2) is 5.42. The predicted molar refractivity (Wildman–Crippen MR) is 79.8 cm³/mol. The van der Waals surface area contributed by atoms with Gasteiger partial charge in [-0.15, -0.1) is 5.10 Å². The van der Waals surface area contributed by atoms with E-state index < -0.39 is 0 Å². The molecule has 0 aromatic carbocycles. The topological polar surface area (TPSA) is 50.7 Å². The minimum absolute atomic E-state index is 0.372. The number of hydrogen-bond acceptors (Lipinski definition) is 6. The monoisotopic (exact) mass is 290 g/mol. The minimum Gasteiger partial charge on any atom is -0.377 e. The third kappa shape index (κ3) is 2.58. The van der Waals surface area contributed by atoms with Gasteiger partial charge in [0.05, 0.1) is 37.3 Å². The van der Waals surface area contributed by atoms with E-state index in [0.717, 1.165) is 44.4 Å². The average Bonchev–Trinajstić information content (AvgIpc) is 2.86. The molecule has 0 amide bonds. The van der Waals surface area contributed by atoms with Crippen molar-refractivity contribution in [3.8, 4) is 0 Å². The summed E-state index contributed by atoms with van der Waals surface area (Å²) in [5.74, 6) is 0.978. The van der Waals surface area contributed by atoms with Gasteiger partial charge in [-0.3, -0.25) is 0 Å². The van der Waals surface area contributed by atoms with E-state index >= 15 is 0 Å². The summed E-state index contributed by atoms with van der Waals surface area (Å²) in [4.78, 5) is 4.68. The lowest BCUT2D eigenvalue weighted by molar-refractivity contribution is 0.0302. The van der Waals surface area contributed by atoms with Gasteiger partial charge in [0.2, 0.25) is 0 Å². The van der Waals surface area contributed by atoms with E-state index in [1.54, 1.807) is 0 Å². The molecule has 0 radical (unpaired) electrons. The van der Waals surface area contributed by atoms with Gasteiger partial charge >= 0.3 is 0 Å². The minimum atomic E-state index is 0.372. The first-order valence-electron chi connectivity index (χ1n) is 7.87. The van der Waals surface area contributed by atoms with Crippen molar-refractivity contribution in [1.29, 1.82) is 0 Å². The van der Waals surface area contributed by atoms with Crippen molar-refractivity contribution in [2.75, 3.05) is 42.6 Å². The highest BCUT2D eigenvalue weighted by Crippen LogP contribution is 2.30. The first kappa shape index (κ1) is 13.3. The summed E-state index contributed by atoms with van der Waals surface area (Å²) in [5, 5.41) is 8.57. The molecule has 3 aliphatic heterocycles. The smallest absolute Gasteiger partial charge is 0.153 e. The van der Waals surface area contributed by atoms with Gasteiger partial charge in [-0.05, 0) is 19.8 Å². The number of hydrogen-bond donors (Lipinski definition) is 0. The van der Waals surface area contributed by atoms with Crippen LogP contribution in [-0.4, -0.2) is 61.3 Å². The van der Waals surface area contributed by atoms with Crippen molar-refractivity contribution < 1.29 is 9.47 Å². The summed E-state index contributed by atoms with van der Waals surface area (Å²) in [6.07, 6.45) is 4.96. The standard InChI is InChI=1S/C15H22N4O2/c1-11-10-20-5-4-19(11)12-6-15(17-16-7-12)18-8-13-2-3-14(9-18)21-13/h6-7,11,13-14H,2-5,8-10H2,1H3/t11-,13?,14?/m0/s1. The van der Waals surface area contributed by atoms with Crippen LogP contribution in [0.2, 0.25) is 0 Å². The summed E-state index contributed by atoms with van der Waals surface area (Å²) in [6.45, 7) is 6.54. The van der Waals surface area contributed by atoms with Gasteiger partial charge in [-0.25, -0.2) is 0 Å². The number of nitrogens with zero attached hydrogens (tertiary/aromatic N) is 4. The Morgan fingerprint density at radius 2 is 2.05 bits per heavy atom. The SMILES string of the molecule is C[C@H]1COCCN1c1cnnc(N2CC3CCC(C2)O3)c1. The van der Waals surface area contributed by atoms with Crippen molar-refractivity contribution in [3.05, 3.63) is 12.3 Å². The van der Waals surface area contributed by atoms with Gasteiger partial charge in [-0.1, -0.05) is 0 Å². The van der Waals surface area contributed by atoms with Gasteiger partial charge in [0, 0.05) is 31.7 Å². The summed E-state index contributed by atoms with van der Waals surface area (Å²) in [5.41, 5.74) is 1.15. The Kier molecular flexibility index (Phi) is 3.43. The molecule has 4 rings (SSSR count). The van der Waals surface area contributed by atoms with Gasteiger partial charge in [0.15, 0.2) is 5.82 Å². The number of anilines is 2. The molecule has 21 heavy (non-hydrogen) atoms. The molecule has 6 heteroatoms. The van der Waals surface area contributed by atoms with Crippen LogP contribution in [0.3, 0.4) is 0 Å². The van der Waals surface area contributed by atoms with E-state index in [1.165, 1.54) is 12.8 Å². The van der Waals surface area contributed by atoms with Crippen LogP contribution < -0.4 is 9.80 Å². The van der Waals surface area contributed by atoms with Crippen molar-refractivity contribution >= 4 is 11.5 Å². The Labute approximate surface area is 125 Å². The zero-order valence-corrected chi connectivity index (χ0v) is 12.4. The van der Waals surface area contributed by atoms with Crippen LogP contribution in [0.5, 0.6) is 0 Å². The molecule has 1 aromatic heterocycles. The molecule has 4 heterocycles. The number of aromatic nitrogens is 2. The molecule has 2 unspecified atom stereocenters. The zero-order valence-electron chi connectivity index (χ0n) is 12.4. The van der Waals surface area contributed by atoms with Gasteiger partial charge < -0.3 is 19.3 Å². The number of ether oxygens (including phenoxy) is 2. The molecule has 3 saturated heterocycles. The molecule has 1 aromatic rings. The Hall–Kier alpha value is -1.40. The van der Waals surface area contributed by atoms with Crippen molar-refractivity contribution in [3.63, 3.8) is 0 Å². The van der Waals surface area contributed by atoms with Crippen molar-refractivity contribution in [1.82, 2.24) is 10.2 Å². The number of rotatable bonds is 2. The first-order valence-corrected chi connectivity index (χ1v) is 7.87. The van der Waals surface area contributed by atoms with Crippen molar-refractivity contribution in [2.45, 2.75) is 38.0 Å². The maximum Gasteiger partial charge on any atom is 0.153 e. The lowest BCUT2D eigenvalue weighted by Gasteiger charge is -2.36. The van der Waals surface area contributed by atoms with E-state index in [1.807, 2.05) is 6.20 Å². The molecule has 0 N–H and O–H groups in total. The highest BCUT2D eigenvalue weighted by Gasteiger charge is 2.34. The Balaban J connectivity index is 1.55. The Bertz CT molecular complexity index is 500. The predicted octanol–water partition coefficient (Wildman–Crippen LogP) is 1.07. The molecule has 3 atom stereocenters. The highest BCUT2D eigenvalue weighted by molar-refractivity contribution is 5.54. The molecule has 3 fully saturated rings. The second-order valence-electron chi connectivity index (χ2n) is 6.25. The second-order valence-corrected chi connectivity index (χ2v) is 6.25. The van der Waals surface area contributed by atoms with E-state index in [9.17, 15) is 0 Å². The van der Waals surface area contributed by atoms with Crippen LogP contribution in [0.25, 0.3) is 0 Å². The quantitative estimate of drug-likeness (QED) is 0.812. The normalized spacial score (nSPS) is 32.5. The van der Waals surface area contributed by atoms with E-state index in [2.05, 4.69) is 33.0 Å². The van der Waals surface area contributed by atoms with Crippen LogP contribution >= 0.6 is 0 Å². The lowest BCUT2D eigenvalue weighted by Crippen LogP contribution is -2.45. The fourth-order valence-corrected chi connectivity index (χ4v) is 3.57. The highest BCUT2D eigenvalue weighted by atomic mass is 16.5. The van der Waals surface area contributed by atoms with Crippen LogP contribution in [0.4, 0.5) is 11.5 Å². The third-order valence-corrected chi connectivity index (χ3v) is 4.69. The fraction of sp³-hybridized carbons (Fsp3) is 0.733. The zero-order chi connectivity index (χ0) is 14.2. The van der Waals surface area contributed by atoms with Crippen LogP contribution in [0.1, 0.15) is 19.8 Å². The summed E-state index contributed by atoms with van der Waals surface area (Å²) in [7, 11) is 0. The van der Waals surface area contributed by atoms with E-state index in [0.29, 0.717) is 18.2 Å². The Morgan fingerprint density at radius 1 is 1.24 bits per heavy atom. The van der Waals surface area contributed by atoms with Gasteiger partial charge in [0.25, 0.3) is 0 Å².